The first kappa shape index (κ1) is 16.7. The van der Waals surface area contributed by atoms with Gasteiger partial charge in [-0.15, -0.1) is 0 Å². The molecule has 0 amide bonds. The van der Waals surface area contributed by atoms with E-state index in [1.165, 1.54) is 38.5 Å². The molecule has 0 spiro atoms. The Balaban J connectivity index is 1.58. The molecule has 0 aromatic carbocycles. The number of rotatable bonds is 7. The van der Waals surface area contributed by atoms with Gasteiger partial charge in [0.05, 0.1) is 12.4 Å². The van der Waals surface area contributed by atoms with Crippen molar-refractivity contribution >= 4 is 16.1 Å². The van der Waals surface area contributed by atoms with Crippen LogP contribution in [0.4, 0.5) is 0 Å². The average Bonchev–Trinajstić information content (AvgIpc) is 2.40. The van der Waals surface area contributed by atoms with E-state index >= 15 is 0 Å². The van der Waals surface area contributed by atoms with Gasteiger partial charge in [-0.3, -0.25) is 9.35 Å². The predicted octanol–water partition coefficient (Wildman–Crippen LogP) is 2.80. The second kappa shape index (κ2) is 7.58. The Kier molecular flexibility index (Phi) is 6.05. The Morgan fingerprint density at radius 1 is 1.14 bits per heavy atom. The van der Waals surface area contributed by atoms with Gasteiger partial charge in [-0.05, 0) is 49.9 Å². The van der Waals surface area contributed by atoms with Gasteiger partial charge in [0.15, 0.2) is 0 Å². The quantitative estimate of drug-likeness (QED) is 0.443. The summed E-state index contributed by atoms with van der Waals surface area (Å²) in [7, 11) is -3.95. The van der Waals surface area contributed by atoms with Crippen molar-refractivity contribution in [2.45, 2.75) is 57.8 Å². The maximum absolute atomic E-state index is 11.6. The summed E-state index contributed by atoms with van der Waals surface area (Å²) in [6, 6.07) is 0. The number of esters is 1. The molecule has 2 atom stereocenters. The topological polar surface area (TPSA) is 80.7 Å². The van der Waals surface area contributed by atoms with Crippen LogP contribution in [0.15, 0.2) is 0 Å². The van der Waals surface area contributed by atoms with E-state index < -0.39 is 10.1 Å². The number of hydrogen-bond donors (Lipinski definition) is 1. The first-order chi connectivity index (χ1) is 9.92. The minimum atomic E-state index is -3.95. The second-order valence-corrected chi connectivity index (χ2v) is 8.21. The van der Waals surface area contributed by atoms with E-state index in [1.807, 2.05) is 0 Å². The molecule has 0 radical (unpaired) electrons. The summed E-state index contributed by atoms with van der Waals surface area (Å²) in [6.07, 6.45) is 9.45. The lowest BCUT2D eigenvalue weighted by Gasteiger charge is -2.39. The van der Waals surface area contributed by atoms with Crippen molar-refractivity contribution in [2.24, 2.45) is 17.8 Å². The summed E-state index contributed by atoms with van der Waals surface area (Å²) in [4.78, 5) is 11.6. The van der Waals surface area contributed by atoms with E-state index in [0.29, 0.717) is 12.3 Å². The van der Waals surface area contributed by atoms with E-state index in [1.54, 1.807) is 0 Å². The number of hydrogen-bond acceptors (Lipinski definition) is 4. The van der Waals surface area contributed by atoms with Crippen molar-refractivity contribution < 1.29 is 22.5 Å². The summed E-state index contributed by atoms with van der Waals surface area (Å²) in [6.45, 7) is 0.0640. The summed E-state index contributed by atoms with van der Waals surface area (Å²) in [5.41, 5.74) is 0. The third-order valence-corrected chi connectivity index (χ3v) is 5.60. The maximum atomic E-state index is 11.6. The molecular formula is C15H26O5S. The van der Waals surface area contributed by atoms with Gasteiger partial charge >= 0.3 is 5.97 Å². The van der Waals surface area contributed by atoms with Gasteiger partial charge in [-0.1, -0.05) is 19.3 Å². The first-order valence-corrected chi connectivity index (χ1v) is 9.64. The fourth-order valence-electron chi connectivity index (χ4n) is 3.93. The van der Waals surface area contributed by atoms with Gasteiger partial charge in [-0.25, -0.2) is 0 Å². The van der Waals surface area contributed by atoms with Gasteiger partial charge in [0.25, 0.3) is 10.1 Å². The maximum Gasteiger partial charge on any atom is 0.305 e. The van der Waals surface area contributed by atoms with Crippen LogP contribution in [-0.2, 0) is 19.6 Å². The van der Waals surface area contributed by atoms with Gasteiger partial charge in [0.2, 0.25) is 0 Å². The van der Waals surface area contributed by atoms with Gasteiger partial charge < -0.3 is 4.74 Å². The molecule has 2 bridgehead atoms. The molecule has 122 valence electrons. The van der Waals surface area contributed by atoms with Crippen molar-refractivity contribution in [2.75, 3.05) is 12.4 Å². The molecule has 21 heavy (non-hydrogen) atoms. The Hall–Kier alpha value is -0.620. The monoisotopic (exact) mass is 318 g/mol. The Labute approximate surface area is 127 Å². The van der Waals surface area contributed by atoms with E-state index in [-0.39, 0.29) is 24.7 Å². The van der Waals surface area contributed by atoms with Crippen LogP contribution in [0.2, 0.25) is 0 Å². The van der Waals surface area contributed by atoms with E-state index in [9.17, 15) is 13.2 Å². The number of fused-ring (bicyclic) bond motifs is 2. The Morgan fingerprint density at radius 2 is 1.81 bits per heavy atom. The largest absolute Gasteiger partial charge is 0.466 e. The number of ether oxygens (including phenoxy) is 1. The average molecular weight is 318 g/mol. The number of carbonyl (C=O) groups is 1. The summed E-state index contributed by atoms with van der Waals surface area (Å²) in [5, 5.41) is 0. The van der Waals surface area contributed by atoms with Gasteiger partial charge in [0.1, 0.15) is 0 Å². The molecule has 0 aromatic heterocycles. The van der Waals surface area contributed by atoms with Crippen LogP contribution >= 0.6 is 0 Å². The zero-order chi connectivity index (χ0) is 15.3. The van der Waals surface area contributed by atoms with E-state index in [2.05, 4.69) is 0 Å². The van der Waals surface area contributed by atoms with Crippen molar-refractivity contribution in [1.82, 2.24) is 0 Å². The minimum absolute atomic E-state index is 0.0640. The fraction of sp³-hybridized carbons (Fsp3) is 0.933. The molecule has 2 fully saturated rings. The normalized spacial score (nSPS) is 29.1. The van der Waals surface area contributed by atoms with Crippen molar-refractivity contribution in [3.05, 3.63) is 0 Å². The van der Waals surface area contributed by atoms with E-state index in [4.69, 9.17) is 9.29 Å². The van der Waals surface area contributed by atoms with Crippen LogP contribution in [0.1, 0.15) is 57.8 Å². The lowest BCUT2D eigenvalue weighted by molar-refractivity contribution is -0.144. The molecule has 2 aliphatic rings. The molecule has 1 N–H and O–H groups in total. The van der Waals surface area contributed by atoms with Crippen molar-refractivity contribution in [3.8, 4) is 0 Å². The highest BCUT2D eigenvalue weighted by Gasteiger charge is 2.31. The zero-order valence-corrected chi connectivity index (χ0v) is 13.3. The Bertz CT molecular complexity index is 433. The molecule has 0 aliphatic heterocycles. The molecule has 2 rings (SSSR count). The molecule has 6 heteroatoms. The number of carbonyl (C=O) groups excluding carboxylic acids is 1. The van der Waals surface area contributed by atoms with Crippen LogP contribution < -0.4 is 0 Å². The molecule has 0 heterocycles. The van der Waals surface area contributed by atoms with Gasteiger partial charge in [0, 0.05) is 6.42 Å². The minimum Gasteiger partial charge on any atom is -0.466 e. The summed E-state index contributed by atoms with van der Waals surface area (Å²) >= 11 is 0. The van der Waals surface area contributed by atoms with Crippen LogP contribution in [0.5, 0.6) is 0 Å². The van der Waals surface area contributed by atoms with Crippen LogP contribution in [-0.4, -0.2) is 31.3 Å². The standard InChI is InChI=1S/C15H26O5S/c16-15(20-7-2-8-21(17,18)19)6-5-14-10-12-3-1-4-13(9-12)11-14/h12-14H,1-11H2,(H,17,18,19). The third kappa shape index (κ3) is 6.34. The van der Waals surface area contributed by atoms with Gasteiger partial charge in [-0.2, -0.15) is 8.42 Å². The lowest BCUT2D eigenvalue weighted by atomic mass is 9.67. The highest BCUT2D eigenvalue weighted by molar-refractivity contribution is 7.85. The van der Waals surface area contributed by atoms with Crippen molar-refractivity contribution in [1.29, 1.82) is 0 Å². The van der Waals surface area contributed by atoms with Crippen LogP contribution in [0, 0.1) is 17.8 Å². The third-order valence-electron chi connectivity index (χ3n) is 4.79. The summed E-state index contributed by atoms with van der Waals surface area (Å²) in [5.74, 6) is 1.79. The molecule has 2 saturated carbocycles. The molecule has 0 aromatic rings. The van der Waals surface area contributed by atoms with Crippen LogP contribution in [0.25, 0.3) is 0 Å². The summed E-state index contributed by atoms with van der Waals surface area (Å²) < 4.78 is 34.6. The Morgan fingerprint density at radius 3 is 2.43 bits per heavy atom. The molecule has 0 saturated heterocycles. The molecular weight excluding hydrogens is 292 g/mol. The highest BCUT2D eigenvalue weighted by Crippen LogP contribution is 2.43. The van der Waals surface area contributed by atoms with Crippen molar-refractivity contribution in [3.63, 3.8) is 0 Å². The van der Waals surface area contributed by atoms with Crippen LogP contribution in [0.3, 0.4) is 0 Å². The molecule has 2 aliphatic carbocycles. The van der Waals surface area contributed by atoms with E-state index in [0.717, 1.165) is 18.3 Å². The molecule has 2 unspecified atom stereocenters. The lowest BCUT2D eigenvalue weighted by Crippen LogP contribution is -2.27. The second-order valence-electron chi connectivity index (χ2n) is 6.63. The SMILES string of the molecule is O=C(CCC1CC2CCCC(C2)C1)OCCCS(=O)(=O)O. The zero-order valence-electron chi connectivity index (χ0n) is 12.5. The predicted molar refractivity (Wildman–Crippen MR) is 79.4 cm³/mol. The highest BCUT2D eigenvalue weighted by atomic mass is 32.2. The first-order valence-electron chi connectivity index (χ1n) is 8.03. The smallest absolute Gasteiger partial charge is 0.305 e. The molecule has 5 nitrogen and oxygen atoms in total. The fourth-order valence-corrected chi connectivity index (χ4v) is 4.41.